The van der Waals surface area contributed by atoms with Crippen LogP contribution in [-0.4, -0.2) is 64.4 Å². The first-order valence-electron chi connectivity index (χ1n) is 12.8. The lowest BCUT2D eigenvalue weighted by Gasteiger charge is -2.57. The highest BCUT2D eigenvalue weighted by atomic mass is 19.1. The fourth-order valence-corrected chi connectivity index (χ4v) is 6.20. The lowest BCUT2D eigenvalue weighted by Crippen LogP contribution is -2.73. The summed E-state index contributed by atoms with van der Waals surface area (Å²) in [6.45, 7) is 4.21. The third-order valence-electron chi connectivity index (χ3n) is 8.09. The normalized spacial score (nSPS) is 29.1. The fraction of sp³-hybridized carbons (Fsp3) is 0.538. The minimum absolute atomic E-state index is 0.0482. The summed E-state index contributed by atoms with van der Waals surface area (Å²) in [7, 11) is 1.64. The maximum absolute atomic E-state index is 16.0. The molecular formula is C26H30FN9O. The van der Waals surface area contributed by atoms with Gasteiger partial charge in [0.1, 0.15) is 18.0 Å². The van der Waals surface area contributed by atoms with Crippen molar-refractivity contribution >= 4 is 5.82 Å². The number of alkyl halides is 1. The second-order valence-electron chi connectivity index (χ2n) is 11.1. The number of phenolic OH excluding ortho intramolecular Hbond substituents is 1. The van der Waals surface area contributed by atoms with Crippen molar-refractivity contribution in [1.29, 1.82) is 5.26 Å². The molecule has 4 heterocycles. The lowest BCUT2D eigenvalue weighted by molar-refractivity contribution is 0.000258. The SMILES string of the molecule is Cn1nc(-c2ccc(-c3ncc(N(C4CC4)[C@@H]4C[C@@]5(C)CCC[C@](C)(N5)[C@@H]4F)nn3)c(O)c2)nc1C#N. The van der Waals surface area contributed by atoms with E-state index in [0.717, 1.165) is 32.1 Å². The predicted molar refractivity (Wildman–Crippen MR) is 134 cm³/mol. The summed E-state index contributed by atoms with van der Waals surface area (Å²) < 4.78 is 17.4. The van der Waals surface area contributed by atoms with Crippen LogP contribution in [0.2, 0.25) is 0 Å². The maximum Gasteiger partial charge on any atom is 0.231 e. The van der Waals surface area contributed by atoms with Crippen LogP contribution >= 0.6 is 0 Å². The van der Waals surface area contributed by atoms with Crippen LogP contribution in [0.3, 0.4) is 0 Å². The topological polar surface area (TPSA) is 129 Å². The number of phenols is 1. The second kappa shape index (κ2) is 8.45. The van der Waals surface area contributed by atoms with Gasteiger partial charge in [-0.25, -0.2) is 14.1 Å². The lowest BCUT2D eigenvalue weighted by atomic mass is 9.68. The van der Waals surface area contributed by atoms with E-state index in [1.54, 1.807) is 25.4 Å². The first-order valence-corrected chi connectivity index (χ1v) is 12.8. The summed E-state index contributed by atoms with van der Waals surface area (Å²) in [5.41, 5.74) is 0.332. The predicted octanol–water partition coefficient (Wildman–Crippen LogP) is 3.28. The van der Waals surface area contributed by atoms with Gasteiger partial charge in [0.25, 0.3) is 0 Å². The number of rotatable bonds is 5. The van der Waals surface area contributed by atoms with Crippen LogP contribution in [0.5, 0.6) is 5.75 Å². The first-order chi connectivity index (χ1) is 17.7. The van der Waals surface area contributed by atoms with Crippen LogP contribution in [0, 0.1) is 11.3 Å². The summed E-state index contributed by atoms with van der Waals surface area (Å²) in [6.07, 6.45) is 6.22. The molecule has 0 radical (unpaired) electrons. The molecule has 4 atom stereocenters. The van der Waals surface area contributed by atoms with Crippen LogP contribution < -0.4 is 10.2 Å². The van der Waals surface area contributed by atoms with E-state index in [4.69, 9.17) is 5.26 Å². The van der Waals surface area contributed by atoms with Crippen molar-refractivity contribution in [3.8, 4) is 34.6 Å². The Morgan fingerprint density at radius 3 is 2.68 bits per heavy atom. The number of anilines is 1. The van der Waals surface area contributed by atoms with Gasteiger partial charge in [-0.3, -0.25) is 0 Å². The van der Waals surface area contributed by atoms with E-state index in [0.29, 0.717) is 29.2 Å². The van der Waals surface area contributed by atoms with Crippen molar-refractivity contribution in [3.63, 3.8) is 0 Å². The van der Waals surface area contributed by atoms with Gasteiger partial charge in [-0.1, -0.05) is 6.07 Å². The van der Waals surface area contributed by atoms with Gasteiger partial charge in [-0.05, 0) is 64.5 Å². The van der Waals surface area contributed by atoms with E-state index < -0.39 is 11.7 Å². The molecule has 192 valence electrons. The van der Waals surface area contributed by atoms with Gasteiger partial charge >= 0.3 is 0 Å². The zero-order valence-corrected chi connectivity index (χ0v) is 21.2. The van der Waals surface area contributed by atoms with E-state index >= 15 is 4.39 Å². The number of nitriles is 1. The van der Waals surface area contributed by atoms with Crippen molar-refractivity contribution in [2.45, 2.75) is 81.7 Å². The van der Waals surface area contributed by atoms with Crippen molar-refractivity contribution in [2.75, 3.05) is 4.90 Å². The quantitative estimate of drug-likeness (QED) is 0.539. The van der Waals surface area contributed by atoms with Gasteiger partial charge in [0.15, 0.2) is 17.5 Å². The van der Waals surface area contributed by atoms with E-state index in [9.17, 15) is 5.11 Å². The Hall–Kier alpha value is -3.65. The summed E-state index contributed by atoms with van der Waals surface area (Å²) in [5.74, 6) is 1.31. The number of nitrogens with zero attached hydrogens (tertiary/aromatic N) is 8. The molecule has 10 nitrogen and oxygen atoms in total. The van der Waals surface area contributed by atoms with Crippen LogP contribution in [0.15, 0.2) is 24.4 Å². The summed E-state index contributed by atoms with van der Waals surface area (Å²) in [5, 5.41) is 36.4. The Morgan fingerprint density at radius 2 is 2.03 bits per heavy atom. The molecule has 3 fully saturated rings. The summed E-state index contributed by atoms with van der Waals surface area (Å²) in [4.78, 5) is 10.8. The van der Waals surface area contributed by atoms with Gasteiger partial charge in [-0.15, -0.1) is 10.2 Å². The number of halogens is 1. The molecule has 2 bridgehead atoms. The summed E-state index contributed by atoms with van der Waals surface area (Å²) in [6, 6.07) is 6.86. The molecule has 2 saturated heterocycles. The number of piperidine rings is 2. The molecule has 0 spiro atoms. The molecule has 1 aromatic carbocycles. The number of aryl methyl sites for hydroxylation is 1. The monoisotopic (exact) mass is 503 g/mol. The molecule has 1 aliphatic carbocycles. The molecule has 3 aliphatic rings. The number of hydrogen-bond acceptors (Lipinski definition) is 9. The molecule has 0 amide bonds. The maximum atomic E-state index is 16.0. The summed E-state index contributed by atoms with van der Waals surface area (Å²) >= 11 is 0. The molecule has 11 heteroatoms. The van der Waals surface area contributed by atoms with E-state index in [2.05, 4.69) is 42.4 Å². The number of aromatic nitrogens is 6. The minimum Gasteiger partial charge on any atom is -0.507 e. The van der Waals surface area contributed by atoms with Crippen LogP contribution in [0.25, 0.3) is 22.8 Å². The van der Waals surface area contributed by atoms with E-state index in [1.165, 1.54) is 10.7 Å². The Bertz CT molecular complexity index is 1380. The molecule has 37 heavy (non-hydrogen) atoms. The first kappa shape index (κ1) is 23.7. The molecule has 2 aliphatic heterocycles. The molecule has 6 rings (SSSR count). The van der Waals surface area contributed by atoms with Gasteiger partial charge < -0.3 is 15.3 Å². The van der Waals surface area contributed by atoms with Crippen molar-refractivity contribution < 1.29 is 9.50 Å². The van der Waals surface area contributed by atoms with Gasteiger partial charge in [0.05, 0.1) is 17.8 Å². The minimum atomic E-state index is -1.03. The van der Waals surface area contributed by atoms with Gasteiger partial charge in [0.2, 0.25) is 5.82 Å². The number of nitrogens with one attached hydrogen (secondary N) is 1. The number of aromatic hydroxyl groups is 1. The van der Waals surface area contributed by atoms with Crippen molar-refractivity contribution in [3.05, 3.63) is 30.2 Å². The number of hydrogen-bond donors (Lipinski definition) is 2. The zero-order chi connectivity index (χ0) is 25.9. The smallest absolute Gasteiger partial charge is 0.231 e. The Labute approximate surface area is 214 Å². The highest BCUT2D eigenvalue weighted by Crippen LogP contribution is 2.46. The van der Waals surface area contributed by atoms with Gasteiger partial charge in [0, 0.05) is 29.7 Å². The number of fused-ring (bicyclic) bond motifs is 2. The average Bonchev–Trinajstić information content (AvgIpc) is 3.63. The fourth-order valence-electron chi connectivity index (χ4n) is 6.20. The third kappa shape index (κ3) is 4.09. The number of benzene rings is 1. The average molecular weight is 504 g/mol. The Morgan fingerprint density at radius 1 is 1.22 bits per heavy atom. The zero-order valence-electron chi connectivity index (χ0n) is 21.2. The highest BCUT2D eigenvalue weighted by Gasteiger charge is 2.55. The molecular weight excluding hydrogens is 473 g/mol. The third-order valence-corrected chi connectivity index (χ3v) is 8.09. The molecule has 3 aromatic rings. The largest absolute Gasteiger partial charge is 0.507 e. The van der Waals surface area contributed by atoms with Gasteiger partial charge in [-0.2, -0.15) is 15.3 Å². The Kier molecular flexibility index (Phi) is 5.42. The van der Waals surface area contributed by atoms with Crippen LogP contribution in [0.4, 0.5) is 10.2 Å². The van der Waals surface area contributed by atoms with E-state index in [-0.39, 0.29) is 35.0 Å². The molecule has 0 unspecified atom stereocenters. The van der Waals surface area contributed by atoms with Crippen molar-refractivity contribution in [2.24, 2.45) is 7.05 Å². The van der Waals surface area contributed by atoms with Crippen LogP contribution in [0.1, 0.15) is 58.2 Å². The molecule has 2 N–H and O–H groups in total. The second-order valence-corrected chi connectivity index (χ2v) is 11.1. The van der Waals surface area contributed by atoms with E-state index in [1.807, 2.05) is 13.0 Å². The highest BCUT2D eigenvalue weighted by molar-refractivity contribution is 5.70. The molecule has 1 saturated carbocycles. The van der Waals surface area contributed by atoms with Crippen LogP contribution in [-0.2, 0) is 7.05 Å². The standard InChI is InChI=1S/C26H30FN9O/c1-25-9-4-10-26(2,34-25)22(27)18(12-25)36(16-6-7-16)21-14-29-24(32-31-21)17-8-5-15(11-19(17)37)23-30-20(13-28)35(3)33-23/h5,8,11,14,16,18,22,34,37H,4,6-7,9-10,12H2,1-3H3/t18-,22-,25-,26+/m1/s1. The Balaban J connectivity index is 1.28. The van der Waals surface area contributed by atoms with Crippen molar-refractivity contribution in [1.82, 2.24) is 35.3 Å². The molecule has 2 aromatic heterocycles.